The summed E-state index contributed by atoms with van der Waals surface area (Å²) in [6.07, 6.45) is -2.53. The maximum Gasteiger partial charge on any atom is 0.326 e. The van der Waals surface area contributed by atoms with E-state index in [4.69, 9.17) is 22.3 Å². The van der Waals surface area contributed by atoms with Crippen LogP contribution in [0.5, 0.6) is 5.75 Å². The summed E-state index contributed by atoms with van der Waals surface area (Å²) in [5, 5.41) is 33.9. The number of hydrogen-bond acceptors (Lipinski definition) is 9. The summed E-state index contributed by atoms with van der Waals surface area (Å²) < 4.78 is 0. The minimum Gasteiger partial charge on any atom is -0.508 e. The molecule has 202 valence electrons. The monoisotopic (exact) mass is 524 g/mol. The number of nitrogens with two attached hydrogens (primary N) is 3. The number of carbonyl (C=O) groups excluding carboxylic acids is 5. The Kier molecular flexibility index (Phi) is 11.4. The fourth-order valence-corrected chi connectivity index (χ4v) is 2.99. The van der Waals surface area contributed by atoms with Crippen molar-refractivity contribution in [1.82, 2.24) is 16.0 Å². The van der Waals surface area contributed by atoms with Crippen molar-refractivity contribution >= 4 is 41.5 Å². The summed E-state index contributed by atoms with van der Waals surface area (Å²) >= 11 is 0. The topological polar surface area (TPSA) is 294 Å². The summed E-state index contributed by atoms with van der Waals surface area (Å²) in [6.45, 7) is 0. The molecule has 16 heteroatoms. The first-order chi connectivity index (χ1) is 17.2. The van der Waals surface area contributed by atoms with Gasteiger partial charge in [-0.15, -0.1) is 0 Å². The van der Waals surface area contributed by atoms with Gasteiger partial charge < -0.3 is 48.5 Å². The third-order valence-electron chi connectivity index (χ3n) is 4.80. The van der Waals surface area contributed by atoms with E-state index in [1.54, 1.807) is 0 Å². The number of aliphatic carboxylic acids is 2. The Morgan fingerprint density at radius 1 is 0.703 bits per heavy atom. The second-order valence-corrected chi connectivity index (χ2v) is 7.94. The van der Waals surface area contributed by atoms with Crippen LogP contribution < -0.4 is 33.2 Å². The third-order valence-corrected chi connectivity index (χ3v) is 4.80. The average molecular weight is 524 g/mol. The van der Waals surface area contributed by atoms with Crippen LogP contribution in [0, 0.1) is 0 Å². The summed E-state index contributed by atoms with van der Waals surface area (Å²) in [5.74, 6) is -8.39. The highest BCUT2D eigenvalue weighted by Gasteiger charge is 2.32. The second-order valence-electron chi connectivity index (χ2n) is 7.94. The summed E-state index contributed by atoms with van der Waals surface area (Å²) in [5.41, 5.74) is 16.1. The van der Waals surface area contributed by atoms with Crippen LogP contribution in [0.1, 0.15) is 24.8 Å². The van der Waals surface area contributed by atoms with Crippen LogP contribution in [-0.2, 0) is 40.0 Å². The zero-order chi connectivity index (χ0) is 28.3. The number of aromatic hydroxyl groups is 1. The lowest BCUT2D eigenvalue weighted by atomic mass is 10.0. The number of carboxylic acids is 2. The number of phenolic OH excluding ortho intramolecular Hbond substituents is 1. The highest BCUT2D eigenvalue weighted by molar-refractivity contribution is 5.97. The van der Waals surface area contributed by atoms with Crippen molar-refractivity contribution in [1.29, 1.82) is 0 Å². The van der Waals surface area contributed by atoms with Crippen molar-refractivity contribution in [2.45, 2.75) is 49.9 Å². The van der Waals surface area contributed by atoms with Gasteiger partial charge in [0.25, 0.3) is 0 Å². The summed E-state index contributed by atoms with van der Waals surface area (Å²) in [7, 11) is 0. The number of benzene rings is 1. The van der Waals surface area contributed by atoms with E-state index in [2.05, 4.69) is 10.6 Å². The van der Waals surface area contributed by atoms with Crippen LogP contribution in [-0.4, -0.2) is 81.0 Å². The molecule has 4 atom stereocenters. The Hall–Kier alpha value is -4.73. The molecule has 0 aliphatic rings. The van der Waals surface area contributed by atoms with Crippen molar-refractivity contribution in [3.8, 4) is 5.75 Å². The Balaban J connectivity index is 3.16. The maximum absolute atomic E-state index is 13.0. The molecule has 1 rings (SSSR count). The molecule has 1 aromatic carbocycles. The number of amides is 5. The van der Waals surface area contributed by atoms with Crippen molar-refractivity contribution in [2.24, 2.45) is 17.2 Å². The van der Waals surface area contributed by atoms with Gasteiger partial charge in [0.05, 0.1) is 25.3 Å². The van der Waals surface area contributed by atoms with E-state index < -0.39 is 84.9 Å². The molecule has 5 amide bonds. The minimum absolute atomic E-state index is 0.0839. The number of carboxylic acid groups (broad SMARTS) is 2. The number of hydrogen-bond donors (Lipinski definition) is 9. The fourth-order valence-electron chi connectivity index (χ4n) is 2.99. The summed E-state index contributed by atoms with van der Waals surface area (Å²) in [4.78, 5) is 82.8. The van der Waals surface area contributed by atoms with Gasteiger partial charge in [-0.1, -0.05) is 12.1 Å². The second kappa shape index (κ2) is 14.0. The van der Waals surface area contributed by atoms with Crippen molar-refractivity contribution in [3.05, 3.63) is 29.8 Å². The van der Waals surface area contributed by atoms with Crippen molar-refractivity contribution < 1.29 is 48.9 Å². The molecular formula is C21H28N6O10. The van der Waals surface area contributed by atoms with Gasteiger partial charge in [0.1, 0.15) is 23.9 Å². The molecule has 16 nitrogen and oxygen atoms in total. The van der Waals surface area contributed by atoms with Crippen LogP contribution >= 0.6 is 0 Å². The SMILES string of the molecule is NC(=O)CC(NC(=O)C(CC(N)=O)NC(=O)C(Cc1ccc(O)cc1)NC(=O)C(N)CC(=O)O)C(=O)O. The van der Waals surface area contributed by atoms with Gasteiger partial charge in [-0.3, -0.25) is 28.8 Å². The molecule has 0 spiro atoms. The van der Waals surface area contributed by atoms with Crippen LogP contribution in [0.3, 0.4) is 0 Å². The van der Waals surface area contributed by atoms with E-state index in [9.17, 15) is 43.8 Å². The Labute approximate surface area is 209 Å². The van der Waals surface area contributed by atoms with Crippen LogP contribution in [0.4, 0.5) is 0 Å². The highest BCUT2D eigenvalue weighted by atomic mass is 16.4. The molecule has 12 N–H and O–H groups in total. The van der Waals surface area contributed by atoms with E-state index >= 15 is 0 Å². The Morgan fingerprint density at radius 3 is 1.65 bits per heavy atom. The van der Waals surface area contributed by atoms with Gasteiger partial charge in [-0.05, 0) is 17.7 Å². The van der Waals surface area contributed by atoms with Gasteiger partial charge in [0, 0.05) is 6.42 Å². The molecule has 37 heavy (non-hydrogen) atoms. The lowest BCUT2D eigenvalue weighted by Gasteiger charge is -2.24. The summed E-state index contributed by atoms with van der Waals surface area (Å²) in [6, 6.07) is -1.01. The number of phenols is 1. The van der Waals surface area contributed by atoms with Crippen molar-refractivity contribution in [3.63, 3.8) is 0 Å². The van der Waals surface area contributed by atoms with E-state index in [0.717, 1.165) is 0 Å². The van der Waals surface area contributed by atoms with Crippen LogP contribution in [0.25, 0.3) is 0 Å². The van der Waals surface area contributed by atoms with Gasteiger partial charge in [0.2, 0.25) is 29.5 Å². The van der Waals surface area contributed by atoms with Crippen LogP contribution in [0.15, 0.2) is 24.3 Å². The van der Waals surface area contributed by atoms with Gasteiger partial charge in [-0.2, -0.15) is 0 Å². The maximum atomic E-state index is 13.0. The molecule has 0 radical (unpaired) electrons. The van der Waals surface area contributed by atoms with Crippen LogP contribution in [0.2, 0.25) is 0 Å². The standard InChI is InChI=1S/C21H28N6O10/c22-11(6-17(31)32)18(33)25-12(5-9-1-3-10(28)4-2-9)19(34)26-13(7-15(23)29)20(35)27-14(21(36)37)8-16(24)30/h1-4,11-14,28H,5-8,22H2,(H2,23,29)(H2,24,30)(H,25,33)(H,26,34)(H,27,35)(H,31,32)(H,36,37). The smallest absolute Gasteiger partial charge is 0.326 e. The molecule has 0 saturated heterocycles. The van der Waals surface area contributed by atoms with Gasteiger partial charge in [-0.25, -0.2) is 4.79 Å². The van der Waals surface area contributed by atoms with Crippen molar-refractivity contribution in [2.75, 3.05) is 0 Å². The molecule has 0 fully saturated rings. The van der Waals surface area contributed by atoms with Gasteiger partial charge in [0.15, 0.2) is 0 Å². The first kappa shape index (κ1) is 30.3. The normalized spacial score (nSPS) is 13.8. The molecular weight excluding hydrogens is 496 g/mol. The Morgan fingerprint density at radius 2 is 1.16 bits per heavy atom. The minimum atomic E-state index is -1.77. The Bertz CT molecular complexity index is 1040. The molecule has 1 aromatic rings. The highest BCUT2D eigenvalue weighted by Crippen LogP contribution is 2.12. The van der Waals surface area contributed by atoms with E-state index in [1.165, 1.54) is 24.3 Å². The number of carbonyl (C=O) groups is 7. The molecule has 0 heterocycles. The predicted octanol–water partition coefficient (Wildman–Crippen LogP) is -3.97. The molecule has 0 bridgehead atoms. The number of rotatable bonds is 15. The lowest BCUT2D eigenvalue weighted by molar-refractivity contribution is -0.144. The quantitative estimate of drug-likeness (QED) is 0.107. The van der Waals surface area contributed by atoms with E-state index in [-0.39, 0.29) is 12.2 Å². The largest absolute Gasteiger partial charge is 0.508 e. The predicted molar refractivity (Wildman–Crippen MR) is 123 cm³/mol. The average Bonchev–Trinajstić information content (AvgIpc) is 2.77. The number of nitrogens with one attached hydrogen (secondary N) is 3. The molecule has 4 unspecified atom stereocenters. The first-order valence-electron chi connectivity index (χ1n) is 10.6. The number of primary amides is 2. The molecule has 0 aliphatic heterocycles. The molecule has 0 aromatic heterocycles. The van der Waals surface area contributed by atoms with E-state index in [1.807, 2.05) is 5.32 Å². The molecule has 0 aliphatic carbocycles. The zero-order valence-corrected chi connectivity index (χ0v) is 19.4. The third kappa shape index (κ3) is 11.0. The first-order valence-corrected chi connectivity index (χ1v) is 10.6. The fraction of sp³-hybridized carbons (Fsp3) is 0.381. The zero-order valence-electron chi connectivity index (χ0n) is 19.4. The van der Waals surface area contributed by atoms with E-state index in [0.29, 0.717) is 5.56 Å². The van der Waals surface area contributed by atoms with Gasteiger partial charge >= 0.3 is 11.9 Å². The lowest BCUT2D eigenvalue weighted by Crippen LogP contribution is -2.58. The molecule has 0 saturated carbocycles.